The first-order valence-electron chi connectivity index (χ1n) is 10.7. The number of Topliss-reactive ketones (excluding diaryl/α,β-unsaturated/α-hetero) is 1. The maximum absolute atomic E-state index is 12.2. The molecular weight excluding hydrogens is 372 g/mol. The first-order chi connectivity index (χ1) is 14.7. The molecule has 0 spiro atoms. The van der Waals surface area contributed by atoms with Crippen molar-refractivity contribution in [3.8, 4) is 11.3 Å². The van der Waals surface area contributed by atoms with E-state index in [0.29, 0.717) is 18.0 Å². The molecule has 1 fully saturated rings. The van der Waals surface area contributed by atoms with E-state index in [9.17, 15) is 9.90 Å². The Kier molecular flexibility index (Phi) is 5.96. The second-order valence-corrected chi connectivity index (χ2v) is 7.95. The highest BCUT2D eigenvalue weighted by Gasteiger charge is 2.27. The van der Waals surface area contributed by atoms with Gasteiger partial charge in [-0.1, -0.05) is 44.1 Å². The Morgan fingerprint density at radius 1 is 1.20 bits per heavy atom. The van der Waals surface area contributed by atoms with Crippen molar-refractivity contribution in [3.63, 3.8) is 0 Å². The van der Waals surface area contributed by atoms with Crippen LogP contribution in [0.3, 0.4) is 0 Å². The number of carbonyl (C=O) groups excluding carboxylic acids is 1. The molecular formula is C26H28N2O2. The van der Waals surface area contributed by atoms with E-state index in [2.05, 4.69) is 34.8 Å². The van der Waals surface area contributed by atoms with Gasteiger partial charge < -0.3 is 9.67 Å². The third-order valence-corrected chi connectivity index (χ3v) is 6.18. The highest BCUT2D eigenvalue weighted by Crippen LogP contribution is 2.45. The van der Waals surface area contributed by atoms with E-state index >= 15 is 0 Å². The Morgan fingerprint density at radius 3 is 2.70 bits per heavy atom. The zero-order chi connectivity index (χ0) is 21.1. The fourth-order valence-corrected chi connectivity index (χ4v) is 4.84. The summed E-state index contributed by atoms with van der Waals surface area (Å²) in [6.45, 7) is 8.08. The molecule has 1 aliphatic rings. The fourth-order valence-electron chi connectivity index (χ4n) is 4.84. The Balaban J connectivity index is 2.07. The van der Waals surface area contributed by atoms with Crippen molar-refractivity contribution < 1.29 is 9.90 Å². The van der Waals surface area contributed by atoms with Gasteiger partial charge in [0.2, 0.25) is 0 Å². The van der Waals surface area contributed by atoms with Crippen molar-refractivity contribution in [1.82, 2.24) is 9.55 Å². The summed E-state index contributed by atoms with van der Waals surface area (Å²) in [4.78, 5) is 16.7. The first kappa shape index (κ1) is 20.3. The normalized spacial score (nSPS) is 14.7. The van der Waals surface area contributed by atoms with Crippen LogP contribution in [0.5, 0.6) is 0 Å². The maximum Gasteiger partial charge on any atom is 0.188 e. The van der Waals surface area contributed by atoms with Crippen molar-refractivity contribution in [1.29, 1.82) is 0 Å². The third kappa shape index (κ3) is 3.52. The van der Waals surface area contributed by atoms with Crippen molar-refractivity contribution in [2.24, 2.45) is 0 Å². The second kappa shape index (κ2) is 8.80. The molecule has 0 bridgehead atoms. The van der Waals surface area contributed by atoms with Gasteiger partial charge in [-0.15, -0.1) is 6.58 Å². The Hall–Kier alpha value is -2.98. The van der Waals surface area contributed by atoms with E-state index in [1.54, 1.807) is 12.3 Å². The Labute approximate surface area is 177 Å². The van der Waals surface area contributed by atoms with Crippen LogP contribution in [0, 0.1) is 0 Å². The SMILES string of the molecule is C=CCn1c(-c2cccnc2C=C)c(C2CCCCC2)c2ccc(C(=O)CO)cc21. The summed E-state index contributed by atoms with van der Waals surface area (Å²) in [6, 6.07) is 9.87. The van der Waals surface area contributed by atoms with Gasteiger partial charge in [-0.3, -0.25) is 9.78 Å². The van der Waals surface area contributed by atoms with Crippen LogP contribution in [0.1, 0.15) is 59.6 Å². The van der Waals surface area contributed by atoms with Gasteiger partial charge in [0.15, 0.2) is 5.78 Å². The monoisotopic (exact) mass is 400 g/mol. The Bertz CT molecular complexity index is 1100. The molecule has 3 aromatic rings. The highest BCUT2D eigenvalue weighted by atomic mass is 16.3. The number of fused-ring (bicyclic) bond motifs is 1. The van der Waals surface area contributed by atoms with Gasteiger partial charge in [-0.05, 0) is 48.6 Å². The van der Waals surface area contributed by atoms with Crippen molar-refractivity contribution in [2.75, 3.05) is 6.61 Å². The lowest BCUT2D eigenvalue weighted by atomic mass is 9.81. The van der Waals surface area contributed by atoms with Crippen LogP contribution in [0.25, 0.3) is 28.2 Å². The number of allylic oxidation sites excluding steroid dienone is 1. The molecule has 0 radical (unpaired) electrons. The standard InChI is InChI=1S/C26H28N2O2/c1-3-15-28-23-16-19(24(30)17-29)12-13-21(23)25(18-9-6-5-7-10-18)26(28)20-11-8-14-27-22(20)4-2/h3-4,8,11-14,16,18,29H,1-2,5-7,9-10,15,17H2. The molecule has 1 aliphatic carbocycles. The van der Waals surface area contributed by atoms with Crippen LogP contribution in [0.15, 0.2) is 55.8 Å². The lowest BCUT2D eigenvalue weighted by molar-refractivity contribution is 0.0904. The van der Waals surface area contributed by atoms with Gasteiger partial charge in [0, 0.05) is 34.8 Å². The minimum atomic E-state index is -0.487. The molecule has 154 valence electrons. The van der Waals surface area contributed by atoms with Crippen molar-refractivity contribution in [2.45, 2.75) is 44.6 Å². The molecule has 0 amide bonds. The summed E-state index contributed by atoms with van der Waals surface area (Å²) in [7, 11) is 0. The lowest BCUT2D eigenvalue weighted by Crippen LogP contribution is -2.07. The number of ketones is 1. The summed E-state index contributed by atoms with van der Waals surface area (Å²) in [5.41, 5.74) is 5.93. The summed E-state index contributed by atoms with van der Waals surface area (Å²) in [6.07, 6.45) is 11.6. The van der Waals surface area contributed by atoms with E-state index in [1.165, 1.54) is 43.1 Å². The molecule has 4 rings (SSSR count). The Morgan fingerprint density at radius 2 is 2.00 bits per heavy atom. The predicted molar refractivity (Wildman–Crippen MR) is 123 cm³/mol. The third-order valence-electron chi connectivity index (χ3n) is 6.18. The molecule has 1 aromatic carbocycles. The number of aliphatic hydroxyl groups excluding tert-OH is 1. The molecule has 0 saturated heterocycles. The number of benzene rings is 1. The number of hydrogen-bond acceptors (Lipinski definition) is 3. The second-order valence-electron chi connectivity index (χ2n) is 7.95. The van der Waals surface area contributed by atoms with Crippen LogP contribution in [-0.4, -0.2) is 27.0 Å². The average Bonchev–Trinajstić information content (AvgIpc) is 3.12. The summed E-state index contributed by atoms with van der Waals surface area (Å²) < 4.78 is 2.24. The summed E-state index contributed by atoms with van der Waals surface area (Å²) in [5.74, 6) is 0.205. The quantitative estimate of drug-likeness (QED) is 0.405. The van der Waals surface area contributed by atoms with E-state index in [1.807, 2.05) is 24.3 Å². The minimum Gasteiger partial charge on any atom is -0.388 e. The number of pyridine rings is 1. The van der Waals surface area contributed by atoms with Gasteiger partial charge in [-0.25, -0.2) is 0 Å². The molecule has 2 aromatic heterocycles. The summed E-state index contributed by atoms with van der Waals surface area (Å²) >= 11 is 0. The van der Waals surface area contributed by atoms with Crippen LogP contribution >= 0.6 is 0 Å². The van der Waals surface area contributed by atoms with Gasteiger partial charge >= 0.3 is 0 Å². The number of aliphatic hydroxyl groups is 1. The van der Waals surface area contributed by atoms with E-state index in [0.717, 1.165) is 22.5 Å². The predicted octanol–water partition coefficient (Wildman–Crippen LogP) is 5.76. The van der Waals surface area contributed by atoms with Crippen molar-refractivity contribution in [3.05, 3.63) is 72.6 Å². The number of hydrogen-bond donors (Lipinski definition) is 1. The van der Waals surface area contributed by atoms with Gasteiger partial charge in [0.25, 0.3) is 0 Å². The molecule has 1 N–H and O–H groups in total. The van der Waals surface area contributed by atoms with Gasteiger partial charge in [0.1, 0.15) is 6.61 Å². The first-order valence-corrected chi connectivity index (χ1v) is 10.7. The minimum absolute atomic E-state index is 0.267. The number of rotatable bonds is 7. The topological polar surface area (TPSA) is 55.1 Å². The van der Waals surface area contributed by atoms with Crippen molar-refractivity contribution >= 4 is 22.8 Å². The van der Waals surface area contributed by atoms with Crippen LogP contribution in [-0.2, 0) is 6.54 Å². The highest BCUT2D eigenvalue weighted by molar-refractivity contribution is 6.02. The number of aromatic nitrogens is 2. The zero-order valence-electron chi connectivity index (χ0n) is 17.3. The molecule has 0 unspecified atom stereocenters. The van der Waals surface area contributed by atoms with Crippen LogP contribution < -0.4 is 0 Å². The number of carbonyl (C=O) groups is 1. The van der Waals surface area contributed by atoms with Gasteiger partial charge in [-0.2, -0.15) is 0 Å². The molecule has 4 heteroatoms. The molecule has 30 heavy (non-hydrogen) atoms. The van der Waals surface area contributed by atoms with E-state index in [4.69, 9.17) is 0 Å². The van der Waals surface area contributed by atoms with E-state index in [-0.39, 0.29) is 5.78 Å². The van der Waals surface area contributed by atoms with E-state index < -0.39 is 6.61 Å². The largest absolute Gasteiger partial charge is 0.388 e. The average molecular weight is 401 g/mol. The van der Waals surface area contributed by atoms with Crippen LogP contribution in [0.2, 0.25) is 0 Å². The maximum atomic E-state index is 12.2. The number of nitrogens with zero attached hydrogens (tertiary/aromatic N) is 2. The molecule has 0 aliphatic heterocycles. The molecule has 0 atom stereocenters. The molecule has 4 nitrogen and oxygen atoms in total. The summed E-state index contributed by atoms with van der Waals surface area (Å²) in [5, 5.41) is 10.5. The fraction of sp³-hybridized carbons (Fsp3) is 0.308. The van der Waals surface area contributed by atoms with Crippen LogP contribution in [0.4, 0.5) is 0 Å². The molecule has 1 saturated carbocycles. The smallest absolute Gasteiger partial charge is 0.188 e. The zero-order valence-corrected chi connectivity index (χ0v) is 17.3. The molecule has 2 heterocycles. The lowest BCUT2D eigenvalue weighted by Gasteiger charge is -2.24. The van der Waals surface area contributed by atoms with Gasteiger partial charge in [0.05, 0.1) is 11.4 Å².